The molecular formula is C70H53BrN4. The smallest absolute Gasteiger partial charge is 0.0657 e. The Bertz CT molecular complexity index is 5290. The van der Waals surface area contributed by atoms with Crippen molar-refractivity contribution in [2.75, 3.05) is 9.80 Å². The molecular weight excluding hydrogens is 977 g/mol. The molecule has 0 aliphatic carbocycles. The molecule has 2 heterocycles. The highest BCUT2D eigenvalue weighted by atomic mass is 79.9. The number of aromatic nitrogens is 2. The number of para-hydroxylation sites is 6. The van der Waals surface area contributed by atoms with E-state index in [9.17, 15) is 16.4 Å². The topological polar surface area (TPSA) is 16.3 Å². The number of hydrogen-bond acceptors (Lipinski definition) is 2. The summed E-state index contributed by atoms with van der Waals surface area (Å²) in [6.45, 7) is 5.75. The highest BCUT2D eigenvalue weighted by Gasteiger charge is 2.29. The van der Waals surface area contributed by atoms with Gasteiger partial charge in [0.25, 0.3) is 0 Å². The molecule has 0 N–H and O–H groups in total. The first-order valence-corrected chi connectivity index (χ1v) is 24.4. The lowest BCUT2D eigenvalue weighted by Gasteiger charge is -2.35. The normalized spacial score (nSPS) is 16.6. The Morgan fingerprint density at radius 3 is 1.09 bits per heavy atom. The zero-order valence-electron chi connectivity index (χ0n) is 66.1. The first-order chi connectivity index (χ1) is 47.6. The molecule has 360 valence electrons. The molecule has 0 atom stereocenters. The molecule has 0 amide bonds. The number of fused-ring (bicyclic) bond motifs is 6. The molecule has 13 rings (SSSR count). The van der Waals surface area contributed by atoms with E-state index in [1.807, 2.05) is 32.9 Å². The van der Waals surface area contributed by atoms with E-state index in [4.69, 9.17) is 19.2 Å². The Hall–Kier alpha value is -8.90. The second kappa shape index (κ2) is 18.9. The fourth-order valence-corrected chi connectivity index (χ4v) is 10.2. The van der Waals surface area contributed by atoms with Crippen LogP contribution in [0.3, 0.4) is 0 Å². The van der Waals surface area contributed by atoms with Crippen LogP contribution in [0.4, 0.5) is 34.1 Å². The highest BCUT2D eigenvalue weighted by Crippen LogP contribution is 2.52. The Balaban J connectivity index is 1.19. The van der Waals surface area contributed by atoms with Crippen LogP contribution in [-0.4, -0.2) is 9.13 Å². The van der Waals surface area contributed by atoms with Gasteiger partial charge in [-0.15, -0.1) is 0 Å². The van der Waals surface area contributed by atoms with Gasteiger partial charge in [-0.2, -0.15) is 0 Å². The van der Waals surface area contributed by atoms with Crippen LogP contribution in [0.5, 0.6) is 0 Å². The second-order valence-electron chi connectivity index (χ2n) is 18.4. The first-order valence-electron chi connectivity index (χ1n) is 36.6. The Kier molecular flexibility index (Phi) is 6.50. The van der Waals surface area contributed by atoms with Crippen LogP contribution < -0.4 is 9.80 Å². The van der Waals surface area contributed by atoms with E-state index >= 15 is 0 Å². The van der Waals surface area contributed by atoms with E-state index in [1.54, 1.807) is 107 Å². The summed E-state index contributed by atoms with van der Waals surface area (Å²) in [5.74, 6) is 0. The summed E-state index contributed by atoms with van der Waals surface area (Å²) in [5.41, 5.74) is -0.0884. The lowest BCUT2D eigenvalue weighted by atomic mass is 9.86. The van der Waals surface area contributed by atoms with Crippen LogP contribution in [0.1, 0.15) is 62.0 Å². The minimum Gasteiger partial charge on any atom is -0.309 e. The summed E-state index contributed by atoms with van der Waals surface area (Å²) in [5, 5.41) is -0.789. The SMILES string of the molecule is [2H]c1c([2H])c([2H])c(-c2ccccc2N(c2cccc(-n3c4c([2H])c([2H])c([2H])c([2H])c4c4c([2H])c([2H])c([2H])c([2H])c43)c2)c2cc(C(C)(C)C)cc(N(c3cccc(-n4c5c([2H])c([2H])c([2H])c([2H])c5c5c([2H])c([2H])c([2H])c([2H])c54)c3)c3ccccc3-c3c([2H])c([2H])c([2H])c([2H])c3[2H])c2Br)c([2H])c1[2H]. The fourth-order valence-electron chi connectivity index (χ4n) is 9.60. The molecule has 0 fully saturated rings. The van der Waals surface area contributed by atoms with Gasteiger partial charge in [0.2, 0.25) is 0 Å². The number of benzene rings is 11. The molecule has 0 saturated carbocycles. The molecule has 13 aromatic rings. The molecule has 0 aliphatic rings. The van der Waals surface area contributed by atoms with Gasteiger partial charge in [-0.1, -0.05) is 202 Å². The van der Waals surface area contributed by atoms with Gasteiger partial charge < -0.3 is 18.9 Å². The van der Waals surface area contributed by atoms with Crippen LogP contribution in [0, 0.1) is 0 Å². The van der Waals surface area contributed by atoms with Crippen LogP contribution in [-0.2, 0) is 5.41 Å². The molecule has 0 radical (unpaired) electrons. The third kappa shape index (κ3) is 8.08. The summed E-state index contributed by atoms with van der Waals surface area (Å²) >= 11 is 4.08. The van der Waals surface area contributed by atoms with E-state index in [2.05, 4.69) is 15.9 Å². The van der Waals surface area contributed by atoms with Crippen molar-refractivity contribution in [1.82, 2.24) is 9.13 Å². The molecule has 2 aromatic heterocycles. The number of anilines is 6. The summed E-state index contributed by atoms with van der Waals surface area (Å²) < 4.78 is 238. The zero-order valence-corrected chi connectivity index (χ0v) is 41.6. The van der Waals surface area contributed by atoms with Crippen LogP contribution in [0.2, 0.25) is 0 Å². The molecule has 0 unspecified atom stereocenters. The van der Waals surface area contributed by atoms with Crippen molar-refractivity contribution >= 4 is 93.7 Å². The van der Waals surface area contributed by atoms with E-state index in [-0.39, 0.29) is 116 Å². The Morgan fingerprint density at radius 2 is 0.720 bits per heavy atom. The quantitative estimate of drug-likeness (QED) is 0.136. The van der Waals surface area contributed by atoms with Gasteiger partial charge in [0.1, 0.15) is 0 Å². The standard InChI is InChI=1S/C70H53BrN4/c1-70(2,3)50-44-67(74(61-38-16-10-32-55(61)48-24-6-4-7-25-48)53-30-22-28-51(46-53)72-63-40-18-12-34-57(63)58-35-13-19-41-64(58)72)69(71)68(45-50)75(62-39-17-11-33-56(62)49-26-8-5-9-27-49)54-31-23-29-52(47-54)73-65-42-20-14-36-59(65)60-37-15-21-43-66(60)73/h4-47H,1-3H3/i4D,5D,6D,7D,8D,9D,12D,13D,14D,15D,18D,19D,20D,21D,24D,25D,26D,27D,34D,35D,36D,37D,40D,41D,42D,43D. The van der Waals surface area contributed by atoms with Crippen LogP contribution in [0.15, 0.2) is 271 Å². The number of halogens is 1. The van der Waals surface area contributed by atoms with Gasteiger partial charge in [-0.05, 0) is 123 Å². The van der Waals surface area contributed by atoms with Crippen molar-refractivity contribution in [3.63, 3.8) is 0 Å². The molecule has 0 spiro atoms. The molecule has 4 nitrogen and oxygen atoms in total. The molecule has 0 bridgehead atoms. The molecule has 0 aliphatic heterocycles. The monoisotopic (exact) mass is 1050 g/mol. The van der Waals surface area contributed by atoms with Crippen molar-refractivity contribution in [2.24, 2.45) is 0 Å². The summed E-state index contributed by atoms with van der Waals surface area (Å²) in [6, 6.07) is 13.2. The van der Waals surface area contributed by atoms with E-state index in [0.717, 1.165) is 0 Å². The van der Waals surface area contributed by atoms with Crippen LogP contribution >= 0.6 is 15.9 Å². The first kappa shape index (κ1) is 25.9. The average Bonchev–Trinajstić information content (AvgIpc) is 1.57. The molecule has 0 saturated heterocycles. The number of nitrogens with zero attached hydrogens (tertiary/aromatic N) is 4. The third-order valence-corrected chi connectivity index (χ3v) is 13.8. The van der Waals surface area contributed by atoms with Gasteiger partial charge in [-0.25, -0.2) is 0 Å². The van der Waals surface area contributed by atoms with Gasteiger partial charge in [0, 0.05) is 55.4 Å². The molecule has 75 heavy (non-hydrogen) atoms. The van der Waals surface area contributed by atoms with Crippen molar-refractivity contribution in [3.05, 3.63) is 276 Å². The molecule has 11 aromatic carbocycles. The maximum absolute atomic E-state index is 9.41. The van der Waals surface area contributed by atoms with Gasteiger partial charge in [0.15, 0.2) is 0 Å². The lowest BCUT2D eigenvalue weighted by molar-refractivity contribution is 0.590. The summed E-state index contributed by atoms with van der Waals surface area (Å²) in [4.78, 5) is 3.38. The maximum atomic E-state index is 9.41. The average molecular weight is 1060 g/mol. The largest absolute Gasteiger partial charge is 0.309 e. The fraction of sp³-hybridized carbons (Fsp3) is 0.0571. The van der Waals surface area contributed by atoms with Crippen molar-refractivity contribution < 1.29 is 35.6 Å². The van der Waals surface area contributed by atoms with Crippen LogP contribution in [0.25, 0.3) is 77.2 Å². The summed E-state index contributed by atoms with van der Waals surface area (Å²) in [7, 11) is 0. The second-order valence-corrected chi connectivity index (χ2v) is 19.2. The molecule has 5 heteroatoms. The number of rotatable bonds is 10. The van der Waals surface area contributed by atoms with Gasteiger partial charge in [-0.3, -0.25) is 0 Å². The van der Waals surface area contributed by atoms with Crippen molar-refractivity contribution in [1.29, 1.82) is 0 Å². The predicted molar refractivity (Wildman–Crippen MR) is 322 cm³/mol. The Morgan fingerprint density at radius 1 is 0.373 bits per heavy atom. The predicted octanol–water partition coefficient (Wildman–Crippen LogP) is 20.2. The van der Waals surface area contributed by atoms with E-state index < -0.39 is 163 Å². The Labute approximate surface area is 483 Å². The minimum absolute atomic E-state index is 0.0859. The van der Waals surface area contributed by atoms with Crippen molar-refractivity contribution in [3.8, 4) is 33.6 Å². The van der Waals surface area contributed by atoms with Crippen molar-refractivity contribution in [2.45, 2.75) is 26.2 Å². The minimum atomic E-state index is -0.866. The summed E-state index contributed by atoms with van der Waals surface area (Å²) in [6.07, 6.45) is 0. The lowest BCUT2D eigenvalue weighted by Crippen LogP contribution is -2.19. The third-order valence-electron chi connectivity index (χ3n) is 13.0. The highest BCUT2D eigenvalue weighted by molar-refractivity contribution is 9.10. The van der Waals surface area contributed by atoms with Gasteiger partial charge >= 0.3 is 0 Å². The zero-order chi connectivity index (χ0) is 73.3. The van der Waals surface area contributed by atoms with E-state index in [1.165, 1.54) is 9.13 Å². The number of hydrogen-bond donors (Lipinski definition) is 0. The van der Waals surface area contributed by atoms with E-state index in [0.29, 0.717) is 5.56 Å². The maximum Gasteiger partial charge on any atom is 0.0657 e. The van der Waals surface area contributed by atoms with Gasteiger partial charge in [0.05, 0.1) is 84.9 Å².